The van der Waals surface area contributed by atoms with Gasteiger partial charge >= 0.3 is 0 Å². The normalized spacial score (nSPS) is 29.8. The van der Waals surface area contributed by atoms with Crippen molar-refractivity contribution in [2.24, 2.45) is 10.8 Å². The molecule has 1 N–H and O–H groups in total. The maximum atomic E-state index is 12.8. The fourth-order valence-electron chi connectivity index (χ4n) is 5.06. The van der Waals surface area contributed by atoms with Crippen LogP contribution in [0, 0.1) is 10.8 Å². The number of nitrogens with one attached hydrogen (secondary N) is 1. The molecule has 0 radical (unpaired) electrons. The Bertz CT molecular complexity index is 816. The van der Waals surface area contributed by atoms with Crippen LogP contribution < -0.4 is 15.5 Å². The molecule has 1 aromatic rings. The van der Waals surface area contributed by atoms with E-state index >= 15 is 0 Å². The first-order chi connectivity index (χ1) is 15.6. The van der Waals surface area contributed by atoms with Crippen LogP contribution in [0.3, 0.4) is 0 Å². The highest BCUT2D eigenvalue weighted by atomic mass is 35.5. The predicted octanol–water partition coefficient (Wildman–Crippen LogP) is 1.10. The zero-order valence-corrected chi connectivity index (χ0v) is 20.6. The summed E-state index contributed by atoms with van der Waals surface area (Å²) in [4.78, 5) is 25.3. The Kier molecular flexibility index (Phi) is 9.70. The molecular weight excluding hydrogens is 450 g/mol. The van der Waals surface area contributed by atoms with Gasteiger partial charge in [0, 0.05) is 59.0 Å². The van der Waals surface area contributed by atoms with Gasteiger partial charge in [0.05, 0.1) is 13.2 Å². The molecule has 0 aromatic heterocycles. The molecule has 1 aromatic carbocycles. The van der Waals surface area contributed by atoms with Gasteiger partial charge in [0.15, 0.2) is 6.29 Å². The number of carboxylic acid groups (broad SMARTS) is 2. The van der Waals surface area contributed by atoms with Crippen LogP contribution in [0.5, 0.6) is 0 Å². The predicted molar refractivity (Wildman–Crippen MR) is 119 cm³/mol. The standard InChI is InChI=1S/C24H36ClNO7/c1-6-24(22(29)30)18(13-31-14-19(32-7-2)33-8-3)26-15(4)23(5,21(27)28)20(24)16-11-9-10-12-17(16)25/h9-12,15,18-20,26H,6-8,13-14H2,1-5H3,(H,27,28)(H,29,30)/p-2. The Labute approximate surface area is 200 Å². The highest BCUT2D eigenvalue weighted by Gasteiger charge is 2.60. The number of hydrogen-bond donors (Lipinski definition) is 1. The van der Waals surface area contributed by atoms with Crippen LogP contribution in [0.1, 0.15) is 52.5 Å². The lowest BCUT2D eigenvalue weighted by Crippen LogP contribution is -2.73. The minimum atomic E-state index is -1.64. The molecule has 0 amide bonds. The highest BCUT2D eigenvalue weighted by Crippen LogP contribution is 2.57. The second-order valence-corrected chi connectivity index (χ2v) is 8.93. The van der Waals surface area contributed by atoms with Gasteiger partial charge in [-0.2, -0.15) is 0 Å². The molecule has 8 nitrogen and oxygen atoms in total. The van der Waals surface area contributed by atoms with E-state index in [1.165, 1.54) is 6.92 Å². The molecule has 186 valence electrons. The van der Waals surface area contributed by atoms with Crippen LogP contribution in [0.25, 0.3) is 0 Å². The fourth-order valence-corrected chi connectivity index (χ4v) is 5.31. The second kappa shape index (κ2) is 11.6. The Morgan fingerprint density at radius 2 is 1.73 bits per heavy atom. The molecule has 0 spiro atoms. The molecule has 9 heteroatoms. The summed E-state index contributed by atoms with van der Waals surface area (Å²) in [5.74, 6) is -3.77. The van der Waals surface area contributed by atoms with Crippen LogP contribution in [0.4, 0.5) is 0 Å². The van der Waals surface area contributed by atoms with E-state index in [1.807, 2.05) is 13.8 Å². The van der Waals surface area contributed by atoms with Crippen LogP contribution in [0.2, 0.25) is 5.02 Å². The Balaban J connectivity index is 2.53. The lowest BCUT2D eigenvalue weighted by molar-refractivity contribution is -0.336. The van der Waals surface area contributed by atoms with E-state index in [9.17, 15) is 19.8 Å². The van der Waals surface area contributed by atoms with Gasteiger partial charge in [-0.1, -0.05) is 43.6 Å². The van der Waals surface area contributed by atoms with E-state index in [1.54, 1.807) is 38.1 Å². The van der Waals surface area contributed by atoms with Gasteiger partial charge in [-0.05, 0) is 38.8 Å². The topological polar surface area (TPSA) is 120 Å². The van der Waals surface area contributed by atoms with Gasteiger partial charge in [-0.15, -0.1) is 0 Å². The molecule has 5 unspecified atom stereocenters. The molecule has 0 saturated carbocycles. The minimum Gasteiger partial charge on any atom is -0.549 e. The van der Waals surface area contributed by atoms with Crippen molar-refractivity contribution in [3.05, 3.63) is 34.9 Å². The van der Waals surface area contributed by atoms with Gasteiger partial charge in [0.2, 0.25) is 0 Å². The quantitative estimate of drug-likeness (QED) is 0.439. The SMILES string of the molecule is CCOC(COCC1NC(C)C(C)(C(=O)[O-])C(c2ccccc2Cl)C1(CC)C(=O)[O-])OCC. The van der Waals surface area contributed by atoms with E-state index in [4.69, 9.17) is 25.8 Å². The Morgan fingerprint density at radius 1 is 1.12 bits per heavy atom. The molecule has 33 heavy (non-hydrogen) atoms. The van der Waals surface area contributed by atoms with Crippen molar-refractivity contribution in [2.75, 3.05) is 26.4 Å². The highest BCUT2D eigenvalue weighted by molar-refractivity contribution is 6.31. The third-order valence-corrected chi connectivity index (χ3v) is 7.30. The van der Waals surface area contributed by atoms with Crippen molar-refractivity contribution in [3.8, 4) is 0 Å². The van der Waals surface area contributed by atoms with Crippen molar-refractivity contribution in [3.63, 3.8) is 0 Å². The first kappa shape index (κ1) is 27.5. The number of halogens is 1. The first-order valence-electron chi connectivity index (χ1n) is 11.3. The number of hydrogen-bond acceptors (Lipinski definition) is 8. The summed E-state index contributed by atoms with van der Waals surface area (Å²) >= 11 is 6.48. The van der Waals surface area contributed by atoms with Crippen molar-refractivity contribution < 1.29 is 34.0 Å². The van der Waals surface area contributed by atoms with Gasteiger partial charge < -0.3 is 39.3 Å². The zero-order valence-electron chi connectivity index (χ0n) is 19.9. The molecule has 1 fully saturated rings. The third kappa shape index (κ3) is 5.20. The molecule has 5 atom stereocenters. The number of ether oxygens (including phenoxy) is 3. The number of rotatable bonds is 12. The zero-order chi connectivity index (χ0) is 24.8. The molecule has 1 aliphatic rings. The third-order valence-electron chi connectivity index (χ3n) is 6.95. The van der Waals surface area contributed by atoms with Crippen molar-refractivity contribution >= 4 is 23.5 Å². The van der Waals surface area contributed by atoms with Crippen molar-refractivity contribution in [1.29, 1.82) is 0 Å². The van der Waals surface area contributed by atoms with E-state index < -0.39 is 47.1 Å². The summed E-state index contributed by atoms with van der Waals surface area (Å²) in [7, 11) is 0. The second-order valence-electron chi connectivity index (χ2n) is 8.52. The number of carbonyl (C=O) groups excluding carboxylic acids is 2. The van der Waals surface area contributed by atoms with Crippen LogP contribution in [-0.2, 0) is 23.8 Å². The molecule has 0 bridgehead atoms. The van der Waals surface area contributed by atoms with Crippen molar-refractivity contribution in [1.82, 2.24) is 5.32 Å². The van der Waals surface area contributed by atoms with E-state index in [2.05, 4.69) is 5.32 Å². The Hall–Kier alpha value is -1.71. The lowest BCUT2D eigenvalue weighted by atomic mass is 9.51. The van der Waals surface area contributed by atoms with Gasteiger partial charge in [0.25, 0.3) is 0 Å². The number of benzene rings is 1. The molecule has 2 rings (SSSR count). The number of aliphatic carboxylic acids is 2. The van der Waals surface area contributed by atoms with Gasteiger partial charge in [-0.25, -0.2) is 0 Å². The Morgan fingerprint density at radius 3 is 2.21 bits per heavy atom. The summed E-state index contributed by atoms with van der Waals surface area (Å²) in [5, 5.41) is 28.8. The smallest absolute Gasteiger partial charge is 0.180 e. The minimum absolute atomic E-state index is 0.0209. The molecule has 1 aliphatic heterocycles. The maximum absolute atomic E-state index is 12.8. The molecule has 0 aliphatic carbocycles. The van der Waals surface area contributed by atoms with Gasteiger partial charge in [-0.3, -0.25) is 0 Å². The van der Waals surface area contributed by atoms with E-state index in [0.29, 0.717) is 18.8 Å². The average molecular weight is 484 g/mol. The molecule has 1 saturated heterocycles. The monoisotopic (exact) mass is 483 g/mol. The molecule has 1 heterocycles. The summed E-state index contributed by atoms with van der Waals surface area (Å²) in [6, 6.07) is 5.29. The lowest BCUT2D eigenvalue weighted by Gasteiger charge is -2.61. The van der Waals surface area contributed by atoms with Crippen LogP contribution >= 0.6 is 11.6 Å². The number of piperidine rings is 1. The largest absolute Gasteiger partial charge is 0.549 e. The average Bonchev–Trinajstić information content (AvgIpc) is 2.76. The number of carboxylic acids is 2. The summed E-state index contributed by atoms with van der Waals surface area (Å²) in [5.41, 5.74) is -2.80. The maximum Gasteiger partial charge on any atom is 0.180 e. The van der Waals surface area contributed by atoms with Crippen LogP contribution in [0.15, 0.2) is 24.3 Å². The summed E-state index contributed by atoms with van der Waals surface area (Å²) in [6.07, 6.45) is -0.504. The summed E-state index contributed by atoms with van der Waals surface area (Å²) < 4.78 is 16.8. The molecular formula is C24H34ClNO7-2. The fraction of sp³-hybridized carbons (Fsp3) is 0.667. The van der Waals surface area contributed by atoms with E-state index in [0.717, 1.165) is 0 Å². The van der Waals surface area contributed by atoms with Crippen molar-refractivity contribution in [2.45, 2.75) is 65.3 Å². The van der Waals surface area contributed by atoms with Gasteiger partial charge in [0.1, 0.15) is 0 Å². The number of carbonyl (C=O) groups is 2. The van der Waals surface area contributed by atoms with E-state index in [-0.39, 0.29) is 24.7 Å². The first-order valence-corrected chi connectivity index (χ1v) is 11.7. The van der Waals surface area contributed by atoms with Crippen LogP contribution in [-0.4, -0.2) is 56.7 Å². The summed E-state index contributed by atoms with van der Waals surface area (Å²) in [6.45, 7) is 9.51.